The molecule has 0 heterocycles. The molecule has 0 radical (unpaired) electrons. The van der Waals surface area contributed by atoms with E-state index in [1.54, 1.807) is 13.0 Å². The molecule has 5 heteroatoms. The molecule has 98 valence electrons. The Hall–Kier alpha value is -2.56. The Kier molecular flexibility index (Phi) is 3.37. The summed E-state index contributed by atoms with van der Waals surface area (Å²) in [5.41, 5.74) is 6.52. The van der Waals surface area contributed by atoms with Gasteiger partial charge in [-0.3, -0.25) is 0 Å². The number of carbonyl (C=O) groups is 1. The molecule has 0 aliphatic heterocycles. The van der Waals surface area contributed by atoms with Gasteiger partial charge in [-0.25, -0.2) is 9.18 Å². The van der Waals surface area contributed by atoms with E-state index in [9.17, 15) is 9.18 Å². The highest BCUT2D eigenvalue weighted by molar-refractivity contribution is 5.92. The fourth-order valence-corrected chi connectivity index (χ4v) is 1.61. The van der Waals surface area contributed by atoms with Gasteiger partial charge in [0.25, 0.3) is 0 Å². The van der Waals surface area contributed by atoms with Crippen molar-refractivity contribution in [2.45, 2.75) is 6.92 Å². The number of nitrogens with two attached hydrogens (primary N) is 1. The Bertz CT molecular complexity index is 641. The summed E-state index contributed by atoms with van der Waals surface area (Å²) in [6.07, 6.45) is 0. The quantitative estimate of drug-likeness (QED) is 0.832. The molecule has 0 fully saturated rings. The molecule has 0 saturated carbocycles. The summed E-state index contributed by atoms with van der Waals surface area (Å²) in [5, 5.41) is 9.06. The molecule has 0 spiro atoms. The van der Waals surface area contributed by atoms with Crippen LogP contribution in [0.3, 0.4) is 0 Å². The van der Waals surface area contributed by atoms with E-state index in [2.05, 4.69) is 0 Å². The fourth-order valence-electron chi connectivity index (χ4n) is 1.61. The third kappa shape index (κ3) is 2.82. The normalized spacial score (nSPS) is 10.2. The highest BCUT2D eigenvalue weighted by atomic mass is 19.1. The van der Waals surface area contributed by atoms with Crippen LogP contribution in [0.15, 0.2) is 36.4 Å². The maximum Gasteiger partial charge on any atom is 0.339 e. The first-order valence-corrected chi connectivity index (χ1v) is 5.54. The van der Waals surface area contributed by atoms with Gasteiger partial charge in [0.15, 0.2) is 11.6 Å². The SMILES string of the molecule is Cc1ccc(F)c(Oc2ccc(N)cc2C(=O)O)c1. The van der Waals surface area contributed by atoms with E-state index in [1.165, 1.54) is 30.3 Å². The summed E-state index contributed by atoms with van der Waals surface area (Å²) in [6, 6.07) is 8.53. The second-order valence-corrected chi connectivity index (χ2v) is 4.10. The smallest absolute Gasteiger partial charge is 0.339 e. The zero-order valence-electron chi connectivity index (χ0n) is 10.2. The van der Waals surface area contributed by atoms with E-state index in [0.717, 1.165) is 5.56 Å². The summed E-state index contributed by atoms with van der Waals surface area (Å²) in [7, 11) is 0. The van der Waals surface area contributed by atoms with Gasteiger partial charge in [-0.15, -0.1) is 0 Å². The number of hydrogen-bond donors (Lipinski definition) is 2. The lowest BCUT2D eigenvalue weighted by Crippen LogP contribution is -2.02. The second-order valence-electron chi connectivity index (χ2n) is 4.10. The maximum absolute atomic E-state index is 13.6. The molecule has 2 aromatic rings. The van der Waals surface area contributed by atoms with Gasteiger partial charge in [0.05, 0.1) is 0 Å². The predicted octanol–water partition coefficient (Wildman–Crippen LogP) is 3.21. The highest BCUT2D eigenvalue weighted by Gasteiger charge is 2.14. The second kappa shape index (κ2) is 4.97. The first kappa shape index (κ1) is 12.9. The zero-order valence-corrected chi connectivity index (χ0v) is 10.2. The number of anilines is 1. The molecule has 0 aromatic heterocycles. The van der Waals surface area contributed by atoms with Crippen LogP contribution < -0.4 is 10.5 Å². The van der Waals surface area contributed by atoms with Gasteiger partial charge in [0.2, 0.25) is 0 Å². The molecule has 2 rings (SSSR count). The topological polar surface area (TPSA) is 72.5 Å². The molecule has 0 aliphatic rings. The van der Waals surface area contributed by atoms with Crippen molar-refractivity contribution in [3.63, 3.8) is 0 Å². The van der Waals surface area contributed by atoms with Crippen molar-refractivity contribution in [3.05, 3.63) is 53.3 Å². The largest absolute Gasteiger partial charge is 0.478 e. The van der Waals surface area contributed by atoms with Crippen molar-refractivity contribution in [3.8, 4) is 11.5 Å². The third-order valence-electron chi connectivity index (χ3n) is 2.54. The standard InChI is InChI=1S/C14H12FNO3/c1-8-2-4-11(15)13(6-8)19-12-5-3-9(16)7-10(12)14(17)18/h2-7H,16H2,1H3,(H,17,18). The van der Waals surface area contributed by atoms with E-state index < -0.39 is 11.8 Å². The summed E-state index contributed by atoms with van der Waals surface area (Å²) < 4.78 is 18.9. The van der Waals surface area contributed by atoms with Crippen molar-refractivity contribution >= 4 is 11.7 Å². The molecule has 0 unspecified atom stereocenters. The van der Waals surface area contributed by atoms with Gasteiger partial charge in [-0.2, -0.15) is 0 Å². The Balaban J connectivity index is 2.43. The lowest BCUT2D eigenvalue weighted by Gasteiger charge is -2.10. The van der Waals surface area contributed by atoms with Crippen LogP contribution in [0.25, 0.3) is 0 Å². The van der Waals surface area contributed by atoms with Gasteiger partial charge in [-0.05, 0) is 42.8 Å². The Morgan fingerprint density at radius 1 is 1.21 bits per heavy atom. The lowest BCUT2D eigenvalue weighted by molar-refractivity contribution is 0.0694. The van der Waals surface area contributed by atoms with Crippen molar-refractivity contribution in [1.29, 1.82) is 0 Å². The van der Waals surface area contributed by atoms with Gasteiger partial charge in [0.1, 0.15) is 11.3 Å². The van der Waals surface area contributed by atoms with Crippen molar-refractivity contribution in [2.24, 2.45) is 0 Å². The number of rotatable bonds is 3. The predicted molar refractivity (Wildman–Crippen MR) is 69.0 cm³/mol. The Morgan fingerprint density at radius 3 is 2.63 bits per heavy atom. The molecule has 0 bridgehead atoms. The van der Waals surface area contributed by atoms with E-state index in [0.29, 0.717) is 5.69 Å². The Morgan fingerprint density at radius 2 is 1.95 bits per heavy atom. The average molecular weight is 261 g/mol. The minimum absolute atomic E-state index is 0.0210. The average Bonchev–Trinajstić information content (AvgIpc) is 2.35. The van der Waals surface area contributed by atoms with E-state index in [4.69, 9.17) is 15.6 Å². The maximum atomic E-state index is 13.6. The molecule has 2 aromatic carbocycles. The minimum atomic E-state index is -1.18. The number of aryl methyl sites for hydroxylation is 1. The highest BCUT2D eigenvalue weighted by Crippen LogP contribution is 2.29. The molecule has 0 aliphatic carbocycles. The van der Waals surface area contributed by atoms with Crippen molar-refractivity contribution in [2.75, 3.05) is 5.73 Å². The van der Waals surface area contributed by atoms with Crippen LogP contribution in [0.4, 0.5) is 10.1 Å². The van der Waals surface area contributed by atoms with Gasteiger partial charge < -0.3 is 15.6 Å². The van der Waals surface area contributed by atoms with Crippen LogP contribution in [0.1, 0.15) is 15.9 Å². The number of carboxylic acids is 1. The van der Waals surface area contributed by atoms with E-state index in [-0.39, 0.29) is 17.1 Å². The number of aromatic carboxylic acids is 1. The van der Waals surface area contributed by atoms with Crippen molar-refractivity contribution < 1.29 is 19.0 Å². The first-order chi connectivity index (χ1) is 8.97. The lowest BCUT2D eigenvalue weighted by atomic mass is 10.1. The first-order valence-electron chi connectivity index (χ1n) is 5.54. The molecular weight excluding hydrogens is 249 g/mol. The summed E-state index contributed by atoms with van der Waals surface area (Å²) >= 11 is 0. The zero-order chi connectivity index (χ0) is 14.0. The molecule has 0 atom stereocenters. The molecule has 0 amide bonds. The minimum Gasteiger partial charge on any atom is -0.478 e. The van der Waals surface area contributed by atoms with E-state index in [1.807, 2.05) is 0 Å². The summed E-state index contributed by atoms with van der Waals surface area (Å²) in [4.78, 5) is 11.1. The summed E-state index contributed by atoms with van der Waals surface area (Å²) in [6.45, 7) is 1.79. The third-order valence-corrected chi connectivity index (χ3v) is 2.54. The van der Waals surface area contributed by atoms with Crippen LogP contribution in [-0.2, 0) is 0 Å². The van der Waals surface area contributed by atoms with Crippen LogP contribution in [0.5, 0.6) is 11.5 Å². The molecule has 19 heavy (non-hydrogen) atoms. The number of halogens is 1. The van der Waals surface area contributed by atoms with Crippen LogP contribution >= 0.6 is 0 Å². The van der Waals surface area contributed by atoms with E-state index >= 15 is 0 Å². The number of benzene rings is 2. The number of carboxylic acid groups (broad SMARTS) is 1. The van der Waals surface area contributed by atoms with Crippen LogP contribution in [0.2, 0.25) is 0 Å². The number of ether oxygens (including phenoxy) is 1. The Labute approximate surface area is 109 Å². The van der Waals surface area contributed by atoms with Gasteiger partial charge >= 0.3 is 5.97 Å². The van der Waals surface area contributed by atoms with Crippen molar-refractivity contribution in [1.82, 2.24) is 0 Å². The summed E-state index contributed by atoms with van der Waals surface area (Å²) in [5.74, 6) is -1.72. The molecule has 0 saturated heterocycles. The molecule has 4 nitrogen and oxygen atoms in total. The monoisotopic (exact) mass is 261 g/mol. The molecule has 3 N–H and O–H groups in total. The van der Waals surface area contributed by atoms with Crippen LogP contribution in [-0.4, -0.2) is 11.1 Å². The molecular formula is C14H12FNO3. The fraction of sp³-hybridized carbons (Fsp3) is 0.0714. The van der Waals surface area contributed by atoms with Gasteiger partial charge in [0, 0.05) is 5.69 Å². The number of hydrogen-bond acceptors (Lipinski definition) is 3. The van der Waals surface area contributed by atoms with Crippen LogP contribution in [0, 0.1) is 12.7 Å². The number of nitrogen functional groups attached to an aromatic ring is 1. The van der Waals surface area contributed by atoms with Gasteiger partial charge in [-0.1, -0.05) is 6.07 Å².